The van der Waals surface area contributed by atoms with Crippen LogP contribution in [0.5, 0.6) is 0 Å². The van der Waals surface area contributed by atoms with Crippen molar-refractivity contribution < 1.29 is 9.59 Å². The number of hydrogen-bond donors (Lipinski definition) is 1. The average Bonchev–Trinajstić information content (AvgIpc) is 2.98. The summed E-state index contributed by atoms with van der Waals surface area (Å²) in [6.45, 7) is 4.37. The Morgan fingerprint density at radius 2 is 2.00 bits per heavy atom. The first kappa shape index (κ1) is 15.7. The van der Waals surface area contributed by atoms with E-state index in [9.17, 15) is 9.59 Å². The van der Waals surface area contributed by atoms with Gasteiger partial charge in [-0.2, -0.15) is 0 Å². The van der Waals surface area contributed by atoms with Crippen LogP contribution in [0.25, 0.3) is 0 Å². The summed E-state index contributed by atoms with van der Waals surface area (Å²) in [5.41, 5.74) is 3.01. The molecule has 1 aliphatic rings. The molecule has 3 rings (SSSR count). The summed E-state index contributed by atoms with van der Waals surface area (Å²) in [5.74, 6) is 0.0594. The number of hydrogen-bond acceptors (Lipinski definition) is 3. The quantitative estimate of drug-likeness (QED) is 0.939. The summed E-state index contributed by atoms with van der Waals surface area (Å²) in [4.78, 5) is 27.0. The van der Waals surface area contributed by atoms with Crippen LogP contribution in [0, 0.1) is 0 Å². The third kappa shape index (κ3) is 3.45. The highest BCUT2D eigenvalue weighted by atomic mass is 32.1. The van der Waals surface area contributed by atoms with Gasteiger partial charge in [0.25, 0.3) is 0 Å². The highest BCUT2D eigenvalue weighted by Gasteiger charge is 2.28. The average molecular weight is 328 g/mol. The number of thiophene rings is 1. The molecule has 0 saturated carbocycles. The second kappa shape index (κ2) is 6.54. The van der Waals surface area contributed by atoms with Gasteiger partial charge in [-0.15, -0.1) is 11.3 Å². The molecule has 0 aliphatic carbocycles. The minimum atomic E-state index is -0.0949. The van der Waals surface area contributed by atoms with Crippen LogP contribution in [-0.2, 0) is 22.4 Å². The number of fused-ring (bicyclic) bond motifs is 1. The Morgan fingerprint density at radius 1 is 1.26 bits per heavy atom. The predicted molar refractivity (Wildman–Crippen MR) is 92.6 cm³/mol. The summed E-state index contributed by atoms with van der Waals surface area (Å²) in [6, 6.07) is 9.74. The van der Waals surface area contributed by atoms with Gasteiger partial charge in [-0.3, -0.25) is 9.59 Å². The monoisotopic (exact) mass is 328 g/mol. The van der Waals surface area contributed by atoms with E-state index in [4.69, 9.17) is 0 Å². The minimum absolute atomic E-state index is 0.0949. The van der Waals surface area contributed by atoms with E-state index in [2.05, 4.69) is 23.7 Å². The van der Waals surface area contributed by atoms with Gasteiger partial charge in [0, 0.05) is 24.0 Å². The Bertz CT molecular complexity index is 721. The Kier molecular flexibility index (Phi) is 4.48. The molecular weight excluding hydrogens is 308 g/mol. The van der Waals surface area contributed by atoms with E-state index in [0.29, 0.717) is 6.42 Å². The van der Waals surface area contributed by atoms with E-state index < -0.39 is 0 Å². The number of amides is 2. The summed E-state index contributed by atoms with van der Waals surface area (Å²) < 4.78 is 0. The van der Waals surface area contributed by atoms with Gasteiger partial charge in [0.05, 0.1) is 12.5 Å². The first-order chi connectivity index (χ1) is 11.0. The van der Waals surface area contributed by atoms with Gasteiger partial charge in [0.2, 0.25) is 11.8 Å². The molecule has 1 N–H and O–H groups in total. The van der Waals surface area contributed by atoms with Crippen molar-refractivity contribution in [2.75, 3.05) is 11.9 Å². The van der Waals surface area contributed by atoms with Crippen molar-refractivity contribution in [3.8, 4) is 0 Å². The van der Waals surface area contributed by atoms with E-state index in [-0.39, 0.29) is 17.9 Å². The van der Waals surface area contributed by atoms with E-state index in [0.717, 1.165) is 24.2 Å². The Balaban J connectivity index is 1.66. The number of rotatable bonds is 3. The third-order valence-electron chi connectivity index (χ3n) is 4.23. The normalized spacial score (nSPS) is 16.8. The van der Waals surface area contributed by atoms with E-state index in [1.54, 1.807) is 11.3 Å². The second-order valence-corrected chi connectivity index (χ2v) is 6.87. The van der Waals surface area contributed by atoms with Crippen molar-refractivity contribution in [3.63, 3.8) is 0 Å². The lowest BCUT2D eigenvalue weighted by Crippen LogP contribution is -2.39. The molecule has 1 atom stereocenters. The van der Waals surface area contributed by atoms with Crippen molar-refractivity contribution in [1.82, 2.24) is 4.90 Å². The van der Waals surface area contributed by atoms with Crippen LogP contribution in [0.4, 0.5) is 5.69 Å². The van der Waals surface area contributed by atoms with Crippen LogP contribution < -0.4 is 5.32 Å². The Hall–Kier alpha value is -2.14. The summed E-state index contributed by atoms with van der Waals surface area (Å²) in [5, 5.41) is 4.84. The highest BCUT2D eigenvalue weighted by molar-refractivity contribution is 7.10. The van der Waals surface area contributed by atoms with Gasteiger partial charge >= 0.3 is 0 Å². The first-order valence-corrected chi connectivity index (χ1v) is 8.65. The lowest BCUT2D eigenvalue weighted by atomic mass is 10.0. The zero-order valence-electron chi connectivity index (χ0n) is 13.3. The molecule has 1 aromatic carbocycles. The van der Waals surface area contributed by atoms with Gasteiger partial charge in [-0.1, -0.05) is 12.1 Å². The summed E-state index contributed by atoms with van der Waals surface area (Å²) in [6.07, 6.45) is 1.34. The molecule has 0 bridgehead atoms. The lowest BCUT2D eigenvalue weighted by Gasteiger charge is -2.33. The van der Waals surface area contributed by atoms with Crippen molar-refractivity contribution >= 4 is 28.8 Å². The van der Waals surface area contributed by atoms with Crippen LogP contribution in [-0.4, -0.2) is 23.3 Å². The van der Waals surface area contributed by atoms with Gasteiger partial charge in [0.1, 0.15) is 0 Å². The maximum atomic E-state index is 12.6. The van der Waals surface area contributed by atoms with Crippen LogP contribution in [0.3, 0.4) is 0 Å². The maximum absolute atomic E-state index is 12.6. The molecule has 23 heavy (non-hydrogen) atoms. The van der Waals surface area contributed by atoms with Gasteiger partial charge in [-0.05, 0) is 48.1 Å². The molecule has 2 amide bonds. The van der Waals surface area contributed by atoms with E-state index in [1.807, 2.05) is 29.2 Å². The van der Waals surface area contributed by atoms with Crippen LogP contribution in [0.1, 0.15) is 35.9 Å². The first-order valence-electron chi connectivity index (χ1n) is 7.77. The highest BCUT2D eigenvalue weighted by Crippen LogP contribution is 2.33. The van der Waals surface area contributed by atoms with Crippen molar-refractivity contribution in [2.45, 2.75) is 32.7 Å². The van der Waals surface area contributed by atoms with Crippen LogP contribution in [0.15, 0.2) is 35.7 Å². The molecule has 5 heteroatoms. The molecule has 2 aromatic rings. The number of carbonyl (C=O) groups excluding carboxylic acids is 2. The molecule has 1 aromatic heterocycles. The zero-order valence-corrected chi connectivity index (χ0v) is 14.2. The van der Waals surface area contributed by atoms with Gasteiger partial charge < -0.3 is 10.2 Å². The SMILES string of the molecule is CC(=O)Nc1ccc(CC(=O)N2CCc3sccc3[C@@H]2C)cc1. The maximum Gasteiger partial charge on any atom is 0.227 e. The number of anilines is 1. The molecule has 120 valence electrons. The lowest BCUT2D eigenvalue weighted by molar-refractivity contribution is -0.133. The van der Waals surface area contributed by atoms with E-state index in [1.165, 1.54) is 17.4 Å². The standard InChI is InChI=1S/C18H20N2O2S/c1-12-16-8-10-23-17(16)7-9-20(12)18(22)11-14-3-5-15(6-4-14)19-13(2)21/h3-6,8,10,12H,7,9,11H2,1-2H3,(H,19,21)/t12-/m0/s1. The summed E-state index contributed by atoms with van der Waals surface area (Å²) >= 11 is 1.78. The van der Waals surface area contributed by atoms with Gasteiger partial charge in [0.15, 0.2) is 0 Å². The van der Waals surface area contributed by atoms with Crippen LogP contribution >= 0.6 is 11.3 Å². The van der Waals surface area contributed by atoms with Crippen molar-refractivity contribution in [2.24, 2.45) is 0 Å². The Labute approximate surface area is 140 Å². The fourth-order valence-electron chi connectivity index (χ4n) is 3.04. The summed E-state index contributed by atoms with van der Waals surface area (Å²) in [7, 11) is 0. The second-order valence-electron chi connectivity index (χ2n) is 5.87. The van der Waals surface area contributed by atoms with Crippen molar-refractivity contribution in [3.05, 3.63) is 51.7 Å². The van der Waals surface area contributed by atoms with Crippen LogP contribution in [0.2, 0.25) is 0 Å². The molecule has 0 saturated heterocycles. The molecule has 0 unspecified atom stereocenters. The van der Waals surface area contributed by atoms with Crippen molar-refractivity contribution in [1.29, 1.82) is 0 Å². The largest absolute Gasteiger partial charge is 0.335 e. The molecule has 0 fully saturated rings. The smallest absolute Gasteiger partial charge is 0.227 e. The molecule has 0 radical (unpaired) electrons. The molecular formula is C18H20N2O2S. The van der Waals surface area contributed by atoms with E-state index >= 15 is 0 Å². The molecule has 4 nitrogen and oxygen atoms in total. The number of nitrogens with one attached hydrogen (secondary N) is 1. The molecule has 1 aliphatic heterocycles. The number of carbonyl (C=O) groups is 2. The molecule has 0 spiro atoms. The topological polar surface area (TPSA) is 49.4 Å². The third-order valence-corrected chi connectivity index (χ3v) is 5.22. The fraction of sp³-hybridized carbons (Fsp3) is 0.333. The Morgan fingerprint density at radius 3 is 2.70 bits per heavy atom. The fourth-order valence-corrected chi connectivity index (χ4v) is 4.00. The zero-order chi connectivity index (χ0) is 16.4. The number of nitrogens with zero attached hydrogens (tertiary/aromatic N) is 1. The minimum Gasteiger partial charge on any atom is -0.335 e. The van der Waals surface area contributed by atoms with Gasteiger partial charge in [-0.25, -0.2) is 0 Å². The molecule has 2 heterocycles. The number of benzene rings is 1. The predicted octanol–water partition coefficient (Wildman–Crippen LogP) is 3.39.